The van der Waals surface area contributed by atoms with Crippen LogP contribution in [0, 0.1) is 0 Å². The Morgan fingerprint density at radius 2 is 1.77 bits per heavy atom. The molecule has 0 aromatic heterocycles. The number of Topliss-reactive ketones (excluding diaryl/α,β-unsaturated/α-hetero) is 1. The fourth-order valence-corrected chi connectivity index (χ4v) is 3.24. The number of fused-ring (bicyclic) bond motifs is 1. The van der Waals surface area contributed by atoms with Crippen molar-refractivity contribution in [2.45, 2.75) is 32.1 Å². The van der Waals surface area contributed by atoms with Crippen LogP contribution >= 0.6 is 0 Å². The largest absolute Gasteiger partial charge is 0.497 e. The molecule has 3 rings (SSSR count). The van der Waals surface area contributed by atoms with E-state index in [2.05, 4.69) is 5.32 Å². The highest BCUT2D eigenvalue weighted by atomic mass is 16.5. The lowest BCUT2D eigenvalue weighted by Gasteiger charge is -2.11. The van der Waals surface area contributed by atoms with Gasteiger partial charge in [-0.2, -0.15) is 0 Å². The molecule has 1 N–H and O–H groups in total. The first-order valence-electron chi connectivity index (χ1n) is 8.77. The van der Waals surface area contributed by atoms with Gasteiger partial charge in [-0.3, -0.25) is 9.59 Å². The van der Waals surface area contributed by atoms with E-state index in [1.54, 1.807) is 25.3 Å². The molecular weight excluding hydrogens is 330 g/mol. The summed E-state index contributed by atoms with van der Waals surface area (Å²) in [5.74, 6) is 0.929. The maximum atomic E-state index is 12.4. The summed E-state index contributed by atoms with van der Waals surface area (Å²) in [4.78, 5) is 24.6. The van der Waals surface area contributed by atoms with Crippen LogP contribution < -0.4 is 14.8 Å². The van der Waals surface area contributed by atoms with E-state index in [9.17, 15) is 9.59 Å². The van der Waals surface area contributed by atoms with Crippen molar-refractivity contribution in [3.05, 3.63) is 53.1 Å². The maximum Gasteiger partial charge on any atom is 0.224 e. The van der Waals surface area contributed by atoms with Gasteiger partial charge in [0.05, 0.1) is 19.9 Å². The Morgan fingerprint density at radius 1 is 0.962 bits per heavy atom. The Hall–Kier alpha value is -2.82. The quantitative estimate of drug-likeness (QED) is 0.769. The van der Waals surface area contributed by atoms with Gasteiger partial charge >= 0.3 is 0 Å². The fraction of sp³-hybridized carbons (Fsp3) is 0.333. The van der Waals surface area contributed by atoms with Crippen molar-refractivity contribution in [2.75, 3.05) is 19.5 Å². The molecule has 0 saturated carbocycles. The summed E-state index contributed by atoms with van der Waals surface area (Å²) in [5.41, 5.74) is 3.82. The molecule has 1 aliphatic rings. The Balaban J connectivity index is 1.59. The molecule has 0 saturated heterocycles. The second-order valence-corrected chi connectivity index (χ2v) is 6.37. The number of hydrogen-bond donors (Lipinski definition) is 1. The Bertz CT molecular complexity index is 829. The number of amides is 1. The van der Waals surface area contributed by atoms with E-state index in [4.69, 9.17) is 9.47 Å². The molecule has 0 fully saturated rings. The highest BCUT2D eigenvalue weighted by Crippen LogP contribution is 2.29. The van der Waals surface area contributed by atoms with Gasteiger partial charge in [0.25, 0.3) is 0 Å². The minimum atomic E-state index is -0.230. The van der Waals surface area contributed by atoms with E-state index >= 15 is 0 Å². The number of rotatable bonds is 7. The molecule has 0 spiro atoms. The minimum absolute atomic E-state index is 0.00698. The number of nitrogens with one attached hydrogen (secondary N) is 1. The van der Waals surface area contributed by atoms with Crippen molar-refractivity contribution in [3.63, 3.8) is 0 Å². The van der Waals surface area contributed by atoms with E-state index in [1.165, 1.54) is 18.2 Å². The zero-order chi connectivity index (χ0) is 18.5. The summed E-state index contributed by atoms with van der Waals surface area (Å²) in [6.07, 6.45) is 3.58. The number of methoxy groups -OCH3 is 2. The summed E-state index contributed by atoms with van der Waals surface area (Å²) in [7, 11) is 3.09. The standard InChI is InChI=1S/C21H23NO4/c1-25-17-8-10-20(26-2)18(13-17)22-21(24)11-9-19(23)16-7-6-14-4-3-5-15(14)12-16/h6-8,10,12-13H,3-5,9,11H2,1-2H3,(H,22,24). The minimum Gasteiger partial charge on any atom is -0.497 e. The van der Waals surface area contributed by atoms with Gasteiger partial charge in [0.2, 0.25) is 5.91 Å². The Labute approximate surface area is 153 Å². The summed E-state index contributed by atoms with van der Waals surface area (Å²) in [5, 5.41) is 2.79. The van der Waals surface area contributed by atoms with Crippen molar-refractivity contribution >= 4 is 17.4 Å². The molecule has 5 nitrogen and oxygen atoms in total. The number of hydrogen-bond acceptors (Lipinski definition) is 4. The predicted octanol–water partition coefficient (Wildman–Crippen LogP) is 3.79. The molecule has 1 aliphatic carbocycles. The summed E-state index contributed by atoms with van der Waals surface area (Å²) < 4.78 is 10.4. The molecule has 0 atom stereocenters. The lowest BCUT2D eigenvalue weighted by molar-refractivity contribution is -0.116. The molecule has 0 radical (unpaired) electrons. The average molecular weight is 353 g/mol. The molecule has 0 aliphatic heterocycles. The molecule has 5 heteroatoms. The molecule has 0 heterocycles. The molecule has 2 aromatic rings. The zero-order valence-corrected chi connectivity index (χ0v) is 15.1. The molecule has 136 valence electrons. The van der Waals surface area contributed by atoms with Crippen molar-refractivity contribution in [3.8, 4) is 11.5 Å². The topological polar surface area (TPSA) is 64.6 Å². The number of anilines is 1. The Kier molecular flexibility index (Phi) is 5.56. The molecule has 1 amide bonds. The number of aryl methyl sites for hydroxylation is 2. The fourth-order valence-electron chi connectivity index (χ4n) is 3.24. The van der Waals surface area contributed by atoms with Crippen LogP contribution in [0.15, 0.2) is 36.4 Å². The van der Waals surface area contributed by atoms with Crippen LogP contribution in [-0.4, -0.2) is 25.9 Å². The Morgan fingerprint density at radius 3 is 2.54 bits per heavy atom. The van der Waals surface area contributed by atoms with Gasteiger partial charge in [0.1, 0.15) is 11.5 Å². The maximum absolute atomic E-state index is 12.4. The smallest absolute Gasteiger partial charge is 0.224 e. The number of ether oxygens (including phenoxy) is 2. The van der Waals surface area contributed by atoms with Crippen molar-refractivity contribution < 1.29 is 19.1 Å². The third-order valence-electron chi connectivity index (χ3n) is 4.68. The lowest BCUT2D eigenvalue weighted by Crippen LogP contribution is -2.14. The van der Waals surface area contributed by atoms with Crippen LogP contribution in [0.5, 0.6) is 11.5 Å². The monoisotopic (exact) mass is 353 g/mol. The highest BCUT2D eigenvalue weighted by Gasteiger charge is 2.15. The number of carbonyl (C=O) groups excluding carboxylic acids is 2. The number of benzene rings is 2. The van der Waals surface area contributed by atoms with Crippen molar-refractivity contribution in [1.29, 1.82) is 0 Å². The van der Waals surface area contributed by atoms with Crippen LogP contribution in [0.4, 0.5) is 5.69 Å². The van der Waals surface area contributed by atoms with E-state index in [-0.39, 0.29) is 24.5 Å². The number of carbonyl (C=O) groups is 2. The number of ketones is 1. The summed E-state index contributed by atoms with van der Waals surface area (Å²) in [6.45, 7) is 0. The van der Waals surface area contributed by atoms with Crippen molar-refractivity contribution in [1.82, 2.24) is 0 Å². The molecule has 0 unspecified atom stereocenters. The second-order valence-electron chi connectivity index (χ2n) is 6.37. The average Bonchev–Trinajstić information content (AvgIpc) is 3.13. The van der Waals surface area contributed by atoms with Crippen LogP contribution in [0.25, 0.3) is 0 Å². The van der Waals surface area contributed by atoms with Crippen LogP contribution in [0.2, 0.25) is 0 Å². The molecular formula is C21H23NO4. The van der Waals surface area contributed by atoms with Gasteiger partial charge in [-0.1, -0.05) is 12.1 Å². The van der Waals surface area contributed by atoms with Crippen LogP contribution in [0.1, 0.15) is 40.7 Å². The summed E-state index contributed by atoms with van der Waals surface area (Å²) in [6, 6.07) is 11.1. The van der Waals surface area contributed by atoms with E-state index < -0.39 is 0 Å². The highest BCUT2D eigenvalue weighted by molar-refractivity contribution is 6.00. The SMILES string of the molecule is COc1ccc(OC)c(NC(=O)CCC(=O)c2ccc3c(c2)CCC3)c1. The van der Waals surface area contributed by atoms with E-state index in [0.29, 0.717) is 22.7 Å². The third-order valence-corrected chi connectivity index (χ3v) is 4.68. The predicted molar refractivity (Wildman–Crippen MR) is 100 cm³/mol. The molecule has 0 bridgehead atoms. The first-order valence-corrected chi connectivity index (χ1v) is 8.77. The molecule has 26 heavy (non-hydrogen) atoms. The van der Waals surface area contributed by atoms with Gasteiger partial charge in [0.15, 0.2) is 5.78 Å². The molecule has 2 aromatic carbocycles. The van der Waals surface area contributed by atoms with Crippen LogP contribution in [0.3, 0.4) is 0 Å². The first kappa shape index (κ1) is 18.0. The lowest BCUT2D eigenvalue weighted by atomic mass is 10.0. The van der Waals surface area contributed by atoms with Gasteiger partial charge in [-0.15, -0.1) is 0 Å². The van der Waals surface area contributed by atoms with E-state index in [0.717, 1.165) is 19.3 Å². The van der Waals surface area contributed by atoms with Crippen molar-refractivity contribution in [2.24, 2.45) is 0 Å². The van der Waals surface area contributed by atoms with Gasteiger partial charge < -0.3 is 14.8 Å². The summed E-state index contributed by atoms with van der Waals surface area (Å²) >= 11 is 0. The van der Waals surface area contributed by atoms with Gasteiger partial charge in [-0.25, -0.2) is 0 Å². The van der Waals surface area contributed by atoms with E-state index in [1.807, 2.05) is 18.2 Å². The first-order chi connectivity index (χ1) is 12.6. The van der Waals surface area contributed by atoms with Gasteiger partial charge in [0, 0.05) is 24.5 Å². The third kappa shape index (κ3) is 4.04. The normalized spacial score (nSPS) is 12.4. The van der Waals surface area contributed by atoms with Crippen LogP contribution in [-0.2, 0) is 17.6 Å². The second kappa shape index (κ2) is 8.04. The van der Waals surface area contributed by atoms with Gasteiger partial charge in [-0.05, 0) is 48.6 Å². The zero-order valence-electron chi connectivity index (χ0n) is 15.1.